The fourth-order valence-corrected chi connectivity index (χ4v) is 4.24. The lowest BCUT2D eigenvalue weighted by Crippen LogP contribution is -2.34. The number of nitrogens with one attached hydrogen (secondary N) is 2. The lowest BCUT2D eigenvalue weighted by molar-refractivity contribution is 0.0784. The number of hydrogen-bond donors (Lipinski definition) is 2. The number of imidazole rings is 1. The van der Waals surface area contributed by atoms with Gasteiger partial charge in [0.05, 0.1) is 30.2 Å². The van der Waals surface area contributed by atoms with Gasteiger partial charge in [-0.15, -0.1) is 0 Å². The Kier molecular flexibility index (Phi) is 5.44. The number of benzene rings is 3. The third-order valence-corrected chi connectivity index (χ3v) is 5.81. The average Bonchev–Trinajstić information content (AvgIpc) is 3.46. The van der Waals surface area contributed by atoms with E-state index in [4.69, 9.17) is 4.84 Å². The first-order chi connectivity index (χ1) is 15.7. The van der Waals surface area contributed by atoms with Crippen molar-refractivity contribution in [1.29, 1.82) is 0 Å². The van der Waals surface area contributed by atoms with E-state index < -0.39 is 0 Å². The first-order valence-corrected chi connectivity index (χ1v) is 10.6. The molecule has 0 radical (unpaired) electrons. The van der Waals surface area contributed by atoms with Crippen LogP contribution in [0.15, 0.2) is 91.0 Å². The van der Waals surface area contributed by atoms with Gasteiger partial charge in [0.25, 0.3) is 5.91 Å². The van der Waals surface area contributed by atoms with Crippen LogP contribution in [0.2, 0.25) is 0 Å². The highest BCUT2D eigenvalue weighted by Gasteiger charge is 2.30. The van der Waals surface area contributed by atoms with Gasteiger partial charge in [0.2, 0.25) is 0 Å². The van der Waals surface area contributed by atoms with Crippen LogP contribution in [0.25, 0.3) is 22.2 Å². The van der Waals surface area contributed by atoms with E-state index in [1.165, 1.54) is 0 Å². The summed E-state index contributed by atoms with van der Waals surface area (Å²) < 4.78 is 0. The first kappa shape index (κ1) is 20.0. The molecule has 1 unspecified atom stereocenters. The Morgan fingerprint density at radius 3 is 2.66 bits per heavy atom. The molecule has 6 nitrogen and oxygen atoms in total. The summed E-state index contributed by atoms with van der Waals surface area (Å²) in [5.41, 5.74) is 9.75. The molecule has 1 atom stereocenters. The van der Waals surface area contributed by atoms with Gasteiger partial charge in [0, 0.05) is 24.2 Å². The van der Waals surface area contributed by atoms with Crippen molar-refractivity contribution in [3.63, 3.8) is 0 Å². The van der Waals surface area contributed by atoms with Crippen LogP contribution in [0.5, 0.6) is 0 Å². The maximum absolute atomic E-state index is 13.4. The van der Waals surface area contributed by atoms with Gasteiger partial charge in [-0.05, 0) is 47.4 Å². The molecule has 160 valence electrons. The van der Waals surface area contributed by atoms with Crippen LogP contribution in [0, 0.1) is 0 Å². The second-order valence-corrected chi connectivity index (χ2v) is 7.93. The highest BCUT2D eigenvalue weighted by atomic mass is 16.6. The number of aromatic nitrogens is 2. The Labute approximate surface area is 186 Å². The monoisotopic (exact) mass is 424 g/mol. The Morgan fingerprint density at radius 1 is 1.09 bits per heavy atom. The molecule has 3 aromatic carbocycles. The number of fused-ring (bicyclic) bond motifs is 1. The standard InChI is InChI=1S/C26H24N4O2/c1-32-29-22-15-23(13-18-7-12-24-25(14-18)28-17-27-24)30(16-22)26(31)21-10-8-20(9-11-21)19-5-3-2-4-6-19/h2-12,14,16-17,23,29H,13,15H2,1H3,(H,27,28). The van der Waals surface area contributed by atoms with Gasteiger partial charge in [-0.1, -0.05) is 48.5 Å². The van der Waals surface area contributed by atoms with E-state index in [-0.39, 0.29) is 11.9 Å². The van der Waals surface area contributed by atoms with E-state index in [0.717, 1.165) is 39.8 Å². The second kappa shape index (κ2) is 8.69. The van der Waals surface area contributed by atoms with Crippen LogP contribution in [-0.4, -0.2) is 33.9 Å². The van der Waals surface area contributed by atoms with Crippen molar-refractivity contribution in [1.82, 2.24) is 20.3 Å². The van der Waals surface area contributed by atoms with Crippen molar-refractivity contribution in [3.05, 3.63) is 102 Å². The molecule has 0 bridgehead atoms. The van der Waals surface area contributed by atoms with Gasteiger partial charge in [-0.3, -0.25) is 15.1 Å². The Hall–Kier alpha value is -3.90. The van der Waals surface area contributed by atoms with E-state index in [0.29, 0.717) is 12.0 Å². The van der Waals surface area contributed by atoms with Crippen molar-refractivity contribution in [2.24, 2.45) is 0 Å². The zero-order valence-corrected chi connectivity index (χ0v) is 17.8. The quantitative estimate of drug-likeness (QED) is 0.441. The molecule has 0 saturated carbocycles. The summed E-state index contributed by atoms with van der Waals surface area (Å²) in [6.07, 6.45) is 4.98. The van der Waals surface area contributed by atoms with Crippen molar-refractivity contribution in [3.8, 4) is 11.1 Å². The summed E-state index contributed by atoms with van der Waals surface area (Å²) in [5, 5.41) is 0. The molecule has 0 spiro atoms. The fourth-order valence-electron chi connectivity index (χ4n) is 4.24. The highest BCUT2D eigenvalue weighted by Crippen LogP contribution is 2.27. The van der Waals surface area contributed by atoms with E-state index in [2.05, 4.69) is 39.7 Å². The molecule has 4 aromatic rings. The van der Waals surface area contributed by atoms with Crippen molar-refractivity contribution in [2.45, 2.75) is 18.9 Å². The van der Waals surface area contributed by atoms with Crippen LogP contribution < -0.4 is 5.48 Å². The number of nitrogens with zero attached hydrogens (tertiary/aromatic N) is 2. The molecule has 1 amide bonds. The Balaban J connectivity index is 1.38. The van der Waals surface area contributed by atoms with Gasteiger partial charge < -0.3 is 9.88 Å². The van der Waals surface area contributed by atoms with Gasteiger partial charge in [-0.25, -0.2) is 4.98 Å². The molecule has 32 heavy (non-hydrogen) atoms. The number of amides is 1. The maximum Gasteiger partial charge on any atom is 0.258 e. The van der Waals surface area contributed by atoms with E-state index >= 15 is 0 Å². The van der Waals surface area contributed by atoms with E-state index in [9.17, 15) is 4.79 Å². The minimum atomic E-state index is -0.0230. The van der Waals surface area contributed by atoms with Crippen LogP contribution in [-0.2, 0) is 11.3 Å². The molecule has 5 rings (SSSR count). The van der Waals surface area contributed by atoms with Gasteiger partial charge in [0.15, 0.2) is 0 Å². The smallest absolute Gasteiger partial charge is 0.258 e. The normalized spacial score (nSPS) is 15.7. The number of H-pyrrole nitrogens is 1. The summed E-state index contributed by atoms with van der Waals surface area (Å²) in [4.78, 5) is 27.8. The number of carbonyl (C=O) groups is 1. The minimum Gasteiger partial charge on any atom is -0.345 e. The number of rotatable bonds is 6. The van der Waals surface area contributed by atoms with Crippen LogP contribution in [0.3, 0.4) is 0 Å². The van der Waals surface area contributed by atoms with Gasteiger partial charge in [-0.2, -0.15) is 0 Å². The summed E-state index contributed by atoms with van der Waals surface area (Å²) in [7, 11) is 1.58. The molecule has 1 aliphatic rings. The first-order valence-electron chi connectivity index (χ1n) is 10.6. The number of carbonyl (C=O) groups excluding carboxylic acids is 1. The topological polar surface area (TPSA) is 70.2 Å². The molecular formula is C26H24N4O2. The largest absolute Gasteiger partial charge is 0.345 e. The minimum absolute atomic E-state index is 0.00526. The van der Waals surface area contributed by atoms with E-state index in [1.54, 1.807) is 13.4 Å². The fraction of sp³-hybridized carbons (Fsp3) is 0.154. The van der Waals surface area contributed by atoms with Crippen molar-refractivity contribution < 1.29 is 9.63 Å². The number of aromatic amines is 1. The predicted octanol–water partition coefficient (Wildman–Crippen LogP) is 4.68. The molecular weight excluding hydrogens is 400 g/mol. The summed E-state index contributed by atoms with van der Waals surface area (Å²) in [5.74, 6) is -0.0230. The highest BCUT2D eigenvalue weighted by molar-refractivity contribution is 5.96. The second-order valence-electron chi connectivity index (χ2n) is 7.93. The SMILES string of the molecule is CONC1=CN(C(=O)c2ccc(-c3ccccc3)cc2)C(Cc2ccc3nc[nH]c3c2)C1. The maximum atomic E-state index is 13.4. The molecule has 0 aliphatic carbocycles. The summed E-state index contributed by atoms with van der Waals surface area (Å²) in [6, 6.07) is 24.1. The molecule has 2 N–H and O–H groups in total. The van der Waals surface area contributed by atoms with Crippen LogP contribution in [0.4, 0.5) is 0 Å². The molecule has 1 aliphatic heterocycles. The van der Waals surface area contributed by atoms with Crippen LogP contribution in [0.1, 0.15) is 22.3 Å². The number of hydrogen-bond acceptors (Lipinski definition) is 4. The van der Waals surface area contributed by atoms with E-state index in [1.807, 2.05) is 59.6 Å². The molecule has 0 fully saturated rings. The van der Waals surface area contributed by atoms with Crippen molar-refractivity contribution in [2.75, 3.05) is 7.11 Å². The summed E-state index contributed by atoms with van der Waals surface area (Å²) >= 11 is 0. The Bertz CT molecular complexity index is 1260. The molecule has 1 aromatic heterocycles. The third kappa shape index (κ3) is 4.00. The molecule has 0 saturated heterocycles. The lowest BCUT2D eigenvalue weighted by atomic mass is 10.0. The number of hydroxylamine groups is 1. The van der Waals surface area contributed by atoms with Crippen LogP contribution >= 0.6 is 0 Å². The summed E-state index contributed by atoms with van der Waals surface area (Å²) in [6.45, 7) is 0. The van der Waals surface area contributed by atoms with Gasteiger partial charge in [0.1, 0.15) is 0 Å². The van der Waals surface area contributed by atoms with Gasteiger partial charge >= 0.3 is 0 Å². The average molecular weight is 425 g/mol. The zero-order chi connectivity index (χ0) is 21.9. The third-order valence-electron chi connectivity index (χ3n) is 5.81. The van der Waals surface area contributed by atoms with Crippen molar-refractivity contribution >= 4 is 16.9 Å². The lowest BCUT2D eigenvalue weighted by Gasteiger charge is -2.24. The zero-order valence-electron chi connectivity index (χ0n) is 17.8. The Morgan fingerprint density at radius 2 is 1.88 bits per heavy atom. The molecule has 2 heterocycles. The molecule has 6 heteroatoms. The predicted molar refractivity (Wildman–Crippen MR) is 124 cm³/mol.